The van der Waals surface area contributed by atoms with Crippen LogP contribution in [0.15, 0.2) is 24.3 Å². The first-order chi connectivity index (χ1) is 16.4. The predicted molar refractivity (Wildman–Crippen MR) is 125 cm³/mol. The number of aryl methyl sites for hydroxylation is 1. The Hall–Kier alpha value is -2.28. The molecule has 0 fully saturated rings. The number of carbonyl (C=O) groups excluding carboxylic acids is 3. The number of amides is 2. The van der Waals surface area contributed by atoms with Gasteiger partial charge in [-0.2, -0.15) is 26.3 Å². The zero-order chi connectivity index (χ0) is 27.6. The van der Waals surface area contributed by atoms with Crippen LogP contribution in [0.4, 0.5) is 26.3 Å². The van der Waals surface area contributed by atoms with Crippen molar-refractivity contribution in [2.24, 2.45) is 0 Å². The Morgan fingerprint density at radius 1 is 1.03 bits per heavy atom. The van der Waals surface area contributed by atoms with Crippen molar-refractivity contribution in [2.45, 2.75) is 19.3 Å². The summed E-state index contributed by atoms with van der Waals surface area (Å²) in [4.78, 5) is 36.8. The minimum atomic E-state index is -4.98. The number of alkyl halides is 6. The van der Waals surface area contributed by atoms with Crippen LogP contribution in [0, 0.1) is 6.92 Å². The van der Waals surface area contributed by atoms with Crippen LogP contribution >= 0.6 is 46.1 Å². The highest BCUT2D eigenvalue weighted by Crippen LogP contribution is 2.40. The fraction of sp³-hybridized carbons (Fsp3) is 0.286. The number of rotatable bonds is 7. The monoisotopic (exact) mass is 594 g/mol. The van der Waals surface area contributed by atoms with E-state index in [4.69, 9.17) is 34.8 Å². The van der Waals surface area contributed by atoms with Gasteiger partial charge in [-0.25, -0.2) is 0 Å². The molecule has 2 aromatic rings. The van der Waals surface area contributed by atoms with Gasteiger partial charge in [0.2, 0.25) is 5.91 Å². The summed E-state index contributed by atoms with van der Waals surface area (Å²) in [5.41, 5.74) is -1.66. The number of nitrogens with one attached hydrogen (secondary N) is 1. The van der Waals surface area contributed by atoms with Crippen LogP contribution in [0.3, 0.4) is 0 Å². The van der Waals surface area contributed by atoms with Gasteiger partial charge in [0.15, 0.2) is 5.78 Å². The van der Waals surface area contributed by atoms with E-state index in [1.54, 1.807) is 0 Å². The summed E-state index contributed by atoms with van der Waals surface area (Å²) >= 11 is 17.9. The molecule has 2 amide bonds. The average Bonchev–Trinajstić information content (AvgIpc) is 3.13. The molecule has 1 heterocycles. The van der Waals surface area contributed by atoms with E-state index in [0.717, 1.165) is 19.2 Å². The fourth-order valence-corrected chi connectivity index (χ4v) is 4.40. The number of ketones is 1. The lowest BCUT2D eigenvalue weighted by molar-refractivity contribution is -0.157. The summed E-state index contributed by atoms with van der Waals surface area (Å²) in [6.45, 7) is -0.883. The van der Waals surface area contributed by atoms with E-state index in [1.807, 2.05) is 0 Å². The second-order valence-electron chi connectivity index (χ2n) is 7.34. The first-order valence-electron chi connectivity index (χ1n) is 9.58. The number of benzene rings is 1. The Morgan fingerprint density at radius 3 is 2.08 bits per heavy atom. The molecule has 1 N–H and O–H groups in total. The van der Waals surface area contributed by atoms with Gasteiger partial charge in [0.25, 0.3) is 5.91 Å². The van der Waals surface area contributed by atoms with Crippen LogP contribution in [0.25, 0.3) is 5.57 Å². The van der Waals surface area contributed by atoms with Crippen LogP contribution in [-0.4, -0.2) is 55.0 Å². The highest BCUT2D eigenvalue weighted by Gasteiger charge is 2.36. The van der Waals surface area contributed by atoms with Gasteiger partial charge in [-0.05, 0) is 42.3 Å². The quantitative estimate of drug-likeness (QED) is 0.170. The lowest BCUT2D eigenvalue weighted by Crippen LogP contribution is -2.42. The van der Waals surface area contributed by atoms with Crippen molar-refractivity contribution >= 4 is 69.3 Å². The van der Waals surface area contributed by atoms with Gasteiger partial charge in [0.05, 0.1) is 36.9 Å². The smallest absolute Gasteiger partial charge is 0.342 e. The van der Waals surface area contributed by atoms with Gasteiger partial charge < -0.3 is 10.2 Å². The minimum Gasteiger partial charge on any atom is -0.342 e. The van der Waals surface area contributed by atoms with Crippen molar-refractivity contribution in [3.63, 3.8) is 0 Å². The molecule has 0 bridgehead atoms. The number of thiophene rings is 1. The molecule has 0 atom stereocenters. The van der Waals surface area contributed by atoms with E-state index in [1.165, 1.54) is 13.0 Å². The van der Waals surface area contributed by atoms with E-state index in [2.05, 4.69) is 5.32 Å². The summed E-state index contributed by atoms with van der Waals surface area (Å²) in [7, 11) is 0.904. The lowest BCUT2D eigenvalue weighted by Gasteiger charge is -2.19. The molecule has 1 aromatic heterocycles. The molecule has 0 saturated heterocycles. The second-order valence-corrected chi connectivity index (χ2v) is 9.59. The van der Waals surface area contributed by atoms with E-state index in [9.17, 15) is 40.7 Å². The third-order valence-electron chi connectivity index (χ3n) is 4.48. The second kappa shape index (κ2) is 11.4. The molecule has 36 heavy (non-hydrogen) atoms. The van der Waals surface area contributed by atoms with Crippen molar-refractivity contribution in [1.29, 1.82) is 0 Å². The third kappa shape index (κ3) is 7.86. The topological polar surface area (TPSA) is 66.5 Å². The molecule has 196 valence electrons. The maximum Gasteiger partial charge on any atom is 0.417 e. The van der Waals surface area contributed by atoms with Crippen molar-refractivity contribution < 1.29 is 40.7 Å². The van der Waals surface area contributed by atoms with E-state index in [0.29, 0.717) is 22.3 Å². The molecule has 0 aliphatic rings. The number of allylic oxidation sites excluding steroid dienone is 2. The van der Waals surface area contributed by atoms with Crippen LogP contribution in [0.2, 0.25) is 15.1 Å². The van der Waals surface area contributed by atoms with Crippen molar-refractivity contribution in [3.8, 4) is 0 Å². The van der Waals surface area contributed by atoms with Gasteiger partial charge in [0.1, 0.15) is 6.54 Å². The number of hydrogen-bond donors (Lipinski definition) is 1. The molecule has 0 aliphatic carbocycles. The molecular weight excluding hydrogens is 581 g/mol. The first kappa shape index (κ1) is 29.9. The molecular formula is C21H15Cl3F6N2O3S. The van der Waals surface area contributed by atoms with Gasteiger partial charge in [-0.1, -0.05) is 34.8 Å². The normalized spacial score (nSPS) is 12.5. The molecule has 5 nitrogen and oxygen atoms in total. The Labute approximate surface area is 219 Å². The summed E-state index contributed by atoms with van der Waals surface area (Å²) in [5.74, 6) is -3.00. The fourth-order valence-electron chi connectivity index (χ4n) is 2.80. The van der Waals surface area contributed by atoms with Crippen LogP contribution < -0.4 is 5.32 Å². The van der Waals surface area contributed by atoms with Gasteiger partial charge in [-0.3, -0.25) is 14.4 Å². The maximum absolute atomic E-state index is 13.7. The maximum atomic E-state index is 13.7. The summed E-state index contributed by atoms with van der Waals surface area (Å²) in [5, 5.41) is 1.45. The summed E-state index contributed by atoms with van der Waals surface area (Å²) < 4.78 is 78.2. The Kier molecular flexibility index (Phi) is 9.49. The zero-order valence-corrected chi connectivity index (χ0v) is 21.3. The van der Waals surface area contributed by atoms with Crippen molar-refractivity contribution in [3.05, 3.63) is 60.2 Å². The van der Waals surface area contributed by atoms with Gasteiger partial charge in [0, 0.05) is 7.05 Å². The Morgan fingerprint density at radius 2 is 1.58 bits per heavy atom. The molecule has 0 aliphatic heterocycles. The average molecular weight is 596 g/mol. The highest BCUT2D eigenvalue weighted by atomic mass is 35.5. The van der Waals surface area contributed by atoms with E-state index in [-0.39, 0.29) is 30.4 Å². The van der Waals surface area contributed by atoms with Crippen LogP contribution in [0.5, 0.6) is 0 Å². The number of halogens is 9. The Bertz CT molecular complexity index is 1200. The summed E-state index contributed by atoms with van der Waals surface area (Å²) in [6, 6.07) is 2.97. The van der Waals surface area contributed by atoms with Crippen molar-refractivity contribution in [1.82, 2.24) is 10.2 Å². The zero-order valence-electron chi connectivity index (χ0n) is 18.2. The molecule has 2 rings (SSSR count). The molecule has 15 heteroatoms. The number of likely N-dealkylation sites (N-methyl/N-ethyl adjacent to an activating group) is 1. The van der Waals surface area contributed by atoms with Gasteiger partial charge in [-0.15, -0.1) is 11.3 Å². The summed E-state index contributed by atoms with van der Waals surface area (Å²) in [6.07, 6.45) is -9.29. The molecule has 0 unspecified atom stereocenters. The lowest BCUT2D eigenvalue weighted by atomic mass is 10.0. The minimum absolute atomic E-state index is 0.107. The number of hydrogen-bond acceptors (Lipinski definition) is 4. The van der Waals surface area contributed by atoms with Gasteiger partial charge >= 0.3 is 12.4 Å². The molecule has 0 radical (unpaired) electrons. The predicted octanol–water partition coefficient (Wildman–Crippen LogP) is 6.60. The van der Waals surface area contributed by atoms with E-state index < -0.39 is 54.2 Å². The molecule has 0 saturated carbocycles. The standard InChI is InChI=1S/C21H15Cl3F6N2O3S/c1-9-3-15(36-18(9)19(35)31-7-16(34)32(2)8-20(25,26)27)14(33)6-11(21(28,29)30)10-4-12(22)17(24)13(23)5-10/h3-6H,7-8H2,1-2H3,(H,31,35)/b11-6-. The number of nitrogens with zero attached hydrogens (tertiary/aromatic N) is 1. The molecule has 1 aromatic carbocycles. The highest BCUT2D eigenvalue weighted by molar-refractivity contribution is 7.16. The Balaban J connectivity index is 2.26. The van der Waals surface area contributed by atoms with Crippen LogP contribution in [0.1, 0.15) is 30.5 Å². The third-order valence-corrected chi connectivity index (χ3v) is 6.93. The first-order valence-corrected chi connectivity index (χ1v) is 11.5. The molecule has 0 spiro atoms. The SMILES string of the molecule is Cc1cc(C(=O)/C=C(/c2cc(Cl)c(Cl)c(Cl)c2)C(F)(F)F)sc1C(=O)NCC(=O)N(C)CC(F)(F)F. The number of carbonyl (C=O) groups is 3. The largest absolute Gasteiger partial charge is 0.417 e. The van der Waals surface area contributed by atoms with Crippen molar-refractivity contribution in [2.75, 3.05) is 20.1 Å². The van der Waals surface area contributed by atoms with Crippen LogP contribution in [-0.2, 0) is 4.79 Å². The van der Waals surface area contributed by atoms with E-state index >= 15 is 0 Å².